The quantitative estimate of drug-likeness (QED) is 0.811. The van der Waals surface area contributed by atoms with Crippen LogP contribution < -0.4 is 4.90 Å². The normalized spacial score (nSPS) is 20.4. The molecule has 4 nitrogen and oxygen atoms in total. The van der Waals surface area contributed by atoms with Crippen molar-refractivity contribution in [1.82, 2.24) is 4.90 Å². The number of nitrogens with zero attached hydrogens (tertiary/aromatic N) is 2. The summed E-state index contributed by atoms with van der Waals surface area (Å²) >= 11 is 0. The summed E-state index contributed by atoms with van der Waals surface area (Å²) in [6, 6.07) is 10.3. The summed E-state index contributed by atoms with van der Waals surface area (Å²) in [5.74, 6) is 1.74. The molecular formula is C19H21FN2O2. The number of rotatable bonds is 3. The number of amides is 1. The van der Waals surface area contributed by atoms with Gasteiger partial charge < -0.3 is 9.32 Å². The van der Waals surface area contributed by atoms with E-state index < -0.39 is 0 Å². The molecule has 0 saturated carbocycles. The van der Waals surface area contributed by atoms with Crippen LogP contribution in [0.5, 0.6) is 0 Å². The van der Waals surface area contributed by atoms with Crippen molar-refractivity contribution in [3.63, 3.8) is 0 Å². The van der Waals surface area contributed by atoms with Crippen LogP contribution in [-0.4, -0.2) is 30.4 Å². The van der Waals surface area contributed by atoms with Gasteiger partial charge in [0.05, 0.1) is 12.0 Å². The maximum Gasteiger partial charge on any atom is 0.235 e. The Morgan fingerprint density at radius 2 is 2.00 bits per heavy atom. The standard InChI is InChI=1S/C19H21FN2O2/c1-14-5-6-17(24-14)12-21-9-7-19(8-10-21)13-22(18(19)23)16-4-2-3-15(20)11-16/h2-6,11H,7-10,12-13H2,1H3. The number of benzene rings is 1. The number of aryl methyl sites for hydroxylation is 1. The predicted octanol–water partition coefficient (Wildman–Crippen LogP) is 3.36. The van der Waals surface area contributed by atoms with Crippen LogP contribution in [0.25, 0.3) is 0 Å². The Labute approximate surface area is 140 Å². The summed E-state index contributed by atoms with van der Waals surface area (Å²) < 4.78 is 19.0. The molecular weight excluding hydrogens is 307 g/mol. The number of carbonyl (C=O) groups excluding carboxylic acids is 1. The third kappa shape index (κ3) is 2.63. The van der Waals surface area contributed by atoms with Gasteiger partial charge in [-0.25, -0.2) is 4.39 Å². The molecule has 0 radical (unpaired) electrons. The van der Waals surface area contributed by atoms with Gasteiger partial charge in [0, 0.05) is 12.2 Å². The van der Waals surface area contributed by atoms with Crippen LogP contribution in [0.1, 0.15) is 24.4 Å². The summed E-state index contributed by atoms with van der Waals surface area (Å²) in [6.07, 6.45) is 1.72. The Balaban J connectivity index is 1.37. The van der Waals surface area contributed by atoms with Gasteiger partial charge in [-0.15, -0.1) is 0 Å². The summed E-state index contributed by atoms with van der Waals surface area (Å²) in [4.78, 5) is 16.7. The van der Waals surface area contributed by atoms with Gasteiger partial charge in [-0.3, -0.25) is 9.69 Å². The maximum atomic E-state index is 13.4. The van der Waals surface area contributed by atoms with E-state index in [9.17, 15) is 9.18 Å². The van der Waals surface area contributed by atoms with Gasteiger partial charge >= 0.3 is 0 Å². The fraction of sp³-hybridized carbons (Fsp3) is 0.421. The highest BCUT2D eigenvalue weighted by Gasteiger charge is 2.53. The molecule has 2 aliphatic heterocycles. The third-order valence-corrected chi connectivity index (χ3v) is 5.27. The van der Waals surface area contributed by atoms with E-state index >= 15 is 0 Å². The van der Waals surface area contributed by atoms with E-state index in [-0.39, 0.29) is 17.1 Å². The smallest absolute Gasteiger partial charge is 0.235 e. The Morgan fingerprint density at radius 1 is 1.21 bits per heavy atom. The van der Waals surface area contributed by atoms with Crippen molar-refractivity contribution in [2.45, 2.75) is 26.3 Å². The molecule has 1 spiro atoms. The molecule has 126 valence electrons. The van der Waals surface area contributed by atoms with Crippen molar-refractivity contribution >= 4 is 11.6 Å². The molecule has 0 aliphatic carbocycles. The van der Waals surface area contributed by atoms with E-state index in [1.807, 2.05) is 19.1 Å². The number of anilines is 1. The Kier molecular flexibility index (Phi) is 3.68. The first kappa shape index (κ1) is 15.4. The molecule has 1 aromatic heterocycles. The molecule has 2 aliphatic rings. The molecule has 24 heavy (non-hydrogen) atoms. The first-order chi connectivity index (χ1) is 11.6. The van der Waals surface area contributed by atoms with Crippen molar-refractivity contribution in [2.24, 2.45) is 5.41 Å². The number of piperidine rings is 1. The molecule has 2 fully saturated rings. The second kappa shape index (κ2) is 5.74. The summed E-state index contributed by atoms with van der Waals surface area (Å²) in [5, 5.41) is 0. The van der Waals surface area contributed by atoms with Gasteiger partial charge in [0.25, 0.3) is 0 Å². The highest BCUT2D eigenvalue weighted by molar-refractivity contribution is 6.04. The zero-order valence-corrected chi connectivity index (χ0v) is 13.8. The van der Waals surface area contributed by atoms with Gasteiger partial charge in [-0.1, -0.05) is 6.07 Å². The average molecular weight is 328 g/mol. The topological polar surface area (TPSA) is 36.7 Å². The molecule has 5 heteroatoms. The molecule has 0 bridgehead atoms. The molecule has 1 amide bonds. The largest absolute Gasteiger partial charge is 0.465 e. The third-order valence-electron chi connectivity index (χ3n) is 5.27. The van der Waals surface area contributed by atoms with Crippen molar-refractivity contribution in [3.8, 4) is 0 Å². The molecule has 4 rings (SSSR count). The maximum absolute atomic E-state index is 13.4. The van der Waals surface area contributed by atoms with Crippen LogP contribution in [-0.2, 0) is 11.3 Å². The molecule has 0 N–H and O–H groups in total. The number of carbonyl (C=O) groups is 1. The minimum atomic E-state index is -0.301. The summed E-state index contributed by atoms with van der Waals surface area (Å²) in [6.45, 7) is 5.22. The van der Waals surface area contributed by atoms with E-state index in [1.54, 1.807) is 17.0 Å². The van der Waals surface area contributed by atoms with E-state index in [0.717, 1.165) is 44.0 Å². The van der Waals surface area contributed by atoms with Gasteiger partial charge in [-0.05, 0) is 63.2 Å². The number of halogens is 1. The van der Waals surface area contributed by atoms with Crippen LogP contribution in [0, 0.1) is 18.2 Å². The van der Waals surface area contributed by atoms with Crippen LogP contribution in [0.3, 0.4) is 0 Å². The van der Waals surface area contributed by atoms with Crippen LogP contribution >= 0.6 is 0 Å². The fourth-order valence-electron chi connectivity index (χ4n) is 3.79. The van der Waals surface area contributed by atoms with Gasteiger partial charge in [-0.2, -0.15) is 0 Å². The van der Waals surface area contributed by atoms with Crippen LogP contribution in [0.4, 0.5) is 10.1 Å². The Morgan fingerprint density at radius 3 is 2.62 bits per heavy atom. The lowest BCUT2D eigenvalue weighted by molar-refractivity contribution is -0.138. The van der Waals surface area contributed by atoms with E-state index in [2.05, 4.69) is 4.90 Å². The number of furan rings is 1. The molecule has 1 aromatic carbocycles. The molecule has 3 heterocycles. The second-order valence-corrected chi connectivity index (χ2v) is 6.94. The van der Waals surface area contributed by atoms with Crippen molar-refractivity contribution in [1.29, 1.82) is 0 Å². The number of hydrogen-bond donors (Lipinski definition) is 0. The van der Waals surface area contributed by atoms with Gasteiger partial charge in [0.15, 0.2) is 0 Å². The number of hydrogen-bond acceptors (Lipinski definition) is 3. The summed E-state index contributed by atoms with van der Waals surface area (Å²) in [7, 11) is 0. The highest BCUT2D eigenvalue weighted by atomic mass is 19.1. The van der Waals surface area contributed by atoms with E-state index in [0.29, 0.717) is 12.2 Å². The average Bonchev–Trinajstić information content (AvgIpc) is 2.98. The van der Waals surface area contributed by atoms with Crippen LogP contribution in [0.2, 0.25) is 0 Å². The zero-order chi connectivity index (χ0) is 16.7. The Bertz CT molecular complexity index is 762. The monoisotopic (exact) mass is 328 g/mol. The lowest BCUT2D eigenvalue weighted by atomic mass is 9.71. The van der Waals surface area contributed by atoms with Crippen molar-refractivity contribution in [3.05, 3.63) is 53.7 Å². The highest BCUT2D eigenvalue weighted by Crippen LogP contribution is 2.44. The minimum absolute atomic E-state index is 0.140. The molecule has 2 aromatic rings. The summed E-state index contributed by atoms with van der Waals surface area (Å²) in [5.41, 5.74) is 0.418. The number of β-lactam (4-membered cyclic amide) rings is 1. The first-order valence-electron chi connectivity index (χ1n) is 8.41. The van der Waals surface area contributed by atoms with E-state index in [1.165, 1.54) is 12.1 Å². The molecule has 0 unspecified atom stereocenters. The van der Waals surface area contributed by atoms with Gasteiger partial charge in [0.1, 0.15) is 17.3 Å². The van der Waals surface area contributed by atoms with Crippen molar-refractivity contribution < 1.29 is 13.6 Å². The van der Waals surface area contributed by atoms with Crippen molar-refractivity contribution in [2.75, 3.05) is 24.5 Å². The second-order valence-electron chi connectivity index (χ2n) is 6.94. The zero-order valence-electron chi connectivity index (χ0n) is 13.8. The first-order valence-corrected chi connectivity index (χ1v) is 8.41. The predicted molar refractivity (Wildman–Crippen MR) is 89.1 cm³/mol. The van der Waals surface area contributed by atoms with E-state index in [4.69, 9.17) is 4.42 Å². The minimum Gasteiger partial charge on any atom is -0.465 e. The molecule has 2 saturated heterocycles. The van der Waals surface area contributed by atoms with Gasteiger partial charge in [0.2, 0.25) is 5.91 Å². The fourth-order valence-corrected chi connectivity index (χ4v) is 3.79. The molecule has 0 atom stereocenters. The van der Waals surface area contributed by atoms with Crippen LogP contribution in [0.15, 0.2) is 40.8 Å². The Hall–Kier alpha value is -2.14. The lowest BCUT2D eigenvalue weighted by Crippen LogP contribution is -2.65. The number of likely N-dealkylation sites (tertiary alicyclic amines) is 1. The SMILES string of the molecule is Cc1ccc(CN2CCC3(CC2)CN(c2cccc(F)c2)C3=O)o1. The lowest BCUT2D eigenvalue weighted by Gasteiger charge is -2.52.